The van der Waals surface area contributed by atoms with Crippen LogP contribution in [0.15, 0.2) is 48.3 Å². The summed E-state index contributed by atoms with van der Waals surface area (Å²) in [7, 11) is 0. The smallest absolute Gasteiger partial charge is 0.0619 e. The van der Waals surface area contributed by atoms with Crippen molar-refractivity contribution in [3.63, 3.8) is 0 Å². The van der Waals surface area contributed by atoms with Gasteiger partial charge in [-0.3, -0.25) is 0 Å². The zero-order chi connectivity index (χ0) is 23.7. The van der Waals surface area contributed by atoms with Crippen molar-refractivity contribution in [3.8, 4) is 0 Å². The molecule has 1 aromatic carbocycles. The van der Waals surface area contributed by atoms with Crippen molar-refractivity contribution in [1.29, 1.82) is 0 Å². The van der Waals surface area contributed by atoms with E-state index < -0.39 is 0 Å². The van der Waals surface area contributed by atoms with Gasteiger partial charge in [-0.25, -0.2) is 0 Å². The summed E-state index contributed by atoms with van der Waals surface area (Å²) in [5.74, 6) is 2.37. The van der Waals surface area contributed by atoms with Crippen molar-refractivity contribution < 1.29 is 4.74 Å². The summed E-state index contributed by atoms with van der Waals surface area (Å²) in [6.45, 7) is 11.8. The molecular weight excluding hydrogens is 416 g/mol. The molecule has 4 aliphatic rings. The minimum absolute atomic E-state index is 0.0515. The number of nitrogens with zero attached hydrogens (tertiary/aromatic N) is 2. The number of rotatable bonds is 2. The Bertz CT molecular complexity index is 1170. The highest BCUT2D eigenvalue weighted by Gasteiger charge is 2.57. The van der Waals surface area contributed by atoms with Crippen LogP contribution in [0.1, 0.15) is 85.1 Å². The summed E-state index contributed by atoms with van der Waals surface area (Å²) in [5.41, 5.74) is 5.28. The lowest BCUT2D eigenvalue weighted by molar-refractivity contribution is -0.0894. The van der Waals surface area contributed by atoms with Gasteiger partial charge in [0.15, 0.2) is 0 Å². The van der Waals surface area contributed by atoms with Gasteiger partial charge in [-0.1, -0.05) is 43.7 Å². The van der Waals surface area contributed by atoms with Crippen molar-refractivity contribution in [2.24, 2.45) is 28.6 Å². The summed E-state index contributed by atoms with van der Waals surface area (Å²) in [5, 5.41) is 10.5. The molecule has 0 saturated heterocycles. The lowest BCUT2D eigenvalue weighted by Crippen LogP contribution is -2.50. The first-order valence-electron chi connectivity index (χ1n) is 13.5. The van der Waals surface area contributed by atoms with Gasteiger partial charge in [-0.2, -0.15) is 10.2 Å². The molecule has 2 fully saturated rings. The molecule has 6 rings (SSSR count). The Morgan fingerprint density at radius 3 is 2.44 bits per heavy atom. The second kappa shape index (κ2) is 7.75. The number of allylic oxidation sites excluding steroid dienone is 3. The van der Waals surface area contributed by atoms with Crippen molar-refractivity contribution in [2.75, 3.05) is 0 Å². The molecule has 0 radical (unpaired) electrons. The van der Waals surface area contributed by atoms with E-state index in [0.717, 1.165) is 24.2 Å². The number of aromatic nitrogens is 2. The van der Waals surface area contributed by atoms with Crippen LogP contribution in [0.25, 0.3) is 16.3 Å². The molecule has 6 atom stereocenters. The Balaban J connectivity index is 1.26. The highest BCUT2D eigenvalue weighted by molar-refractivity contribution is 5.86. The Morgan fingerprint density at radius 1 is 0.882 bits per heavy atom. The van der Waals surface area contributed by atoms with Crippen LogP contribution in [0.3, 0.4) is 0 Å². The van der Waals surface area contributed by atoms with Crippen LogP contribution in [-0.2, 0) is 4.74 Å². The molecular formula is C31H40N2O. The van der Waals surface area contributed by atoms with Gasteiger partial charge in [0.25, 0.3) is 0 Å². The van der Waals surface area contributed by atoms with Gasteiger partial charge < -0.3 is 4.74 Å². The van der Waals surface area contributed by atoms with Crippen LogP contribution < -0.4 is 0 Å². The molecule has 0 spiro atoms. The standard InChI is InChI=1S/C31H40N2O/c1-29(2,3)34-24-12-14-30(4)23(17-24)8-9-25-27-11-10-26(31(27,5)15-13-28(25)30)20-6-7-21-18-32-33-19-22(21)16-20/h6-8,10,16,18-19,24-25,27-28H,9,11-15,17H2,1-5H3/t24-,25-,27-,28-,30-,31+/m0/s1. The van der Waals surface area contributed by atoms with E-state index in [-0.39, 0.29) is 11.0 Å². The Morgan fingerprint density at radius 2 is 1.65 bits per heavy atom. The normalized spacial score (nSPS) is 37.4. The summed E-state index contributed by atoms with van der Waals surface area (Å²) in [6.07, 6.45) is 18.2. The zero-order valence-corrected chi connectivity index (χ0v) is 21.6. The van der Waals surface area contributed by atoms with E-state index in [1.165, 1.54) is 54.9 Å². The molecule has 4 aliphatic carbocycles. The van der Waals surface area contributed by atoms with Gasteiger partial charge in [0, 0.05) is 10.8 Å². The van der Waals surface area contributed by atoms with E-state index in [1.807, 2.05) is 12.4 Å². The third kappa shape index (κ3) is 3.49. The number of benzene rings is 1. The molecule has 3 nitrogen and oxygen atoms in total. The molecule has 2 saturated carbocycles. The topological polar surface area (TPSA) is 35.0 Å². The van der Waals surface area contributed by atoms with E-state index in [9.17, 15) is 0 Å². The van der Waals surface area contributed by atoms with Gasteiger partial charge in [0.05, 0.1) is 24.1 Å². The molecule has 1 aromatic heterocycles. The van der Waals surface area contributed by atoms with Gasteiger partial charge in [-0.05, 0) is 112 Å². The molecule has 180 valence electrons. The van der Waals surface area contributed by atoms with Crippen molar-refractivity contribution in [3.05, 3.63) is 53.9 Å². The number of fused-ring (bicyclic) bond motifs is 6. The zero-order valence-electron chi connectivity index (χ0n) is 21.6. The van der Waals surface area contributed by atoms with Crippen LogP contribution in [-0.4, -0.2) is 21.9 Å². The van der Waals surface area contributed by atoms with Crippen LogP contribution in [0.2, 0.25) is 0 Å². The Hall–Kier alpha value is -2.00. The maximum atomic E-state index is 6.43. The molecule has 1 heterocycles. The van der Waals surface area contributed by atoms with E-state index in [2.05, 4.69) is 75.2 Å². The first-order chi connectivity index (χ1) is 16.2. The van der Waals surface area contributed by atoms with Crippen molar-refractivity contribution in [1.82, 2.24) is 10.2 Å². The van der Waals surface area contributed by atoms with Crippen LogP contribution in [0.4, 0.5) is 0 Å². The maximum absolute atomic E-state index is 6.43. The maximum Gasteiger partial charge on any atom is 0.0619 e. The first-order valence-corrected chi connectivity index (χ1v) is 13.5. The van der Waals surface area contributed by atoms with Crippen LogP contribution >= 0.6 is 0 Å². The summed E-state index contributed by atoms with van der Waals surface area (Å²) >= 11 is 0. The number of hydrogen-bond donors (Lipinski definition) is 0. The van der Waals surface area contributed by atoms with Gasteiger partial charge in [0.1, 0.15) is 0 Å². The van der Waals surface area contributed by atoms with E-state index >= 15 is 0 Å². The lowest BCUT2D eigenvalue weighted by Gasteiger charge is -2.58. The second-order valence-corrected chi connectivity index (χ2v) is 13.0. The van der Waals surface area contributed by atoms with E-state index in [1.54, 1.807) is 11.1 Å². The lowest BCUT2D eigenvalue weighted by atomic mass is 9.47. The van der Waals surface area contributed by atoms with Gasteiger partial charge in [-0.15, -0.1) is 0 Å². The molecule has 0 aliphatic heterocycles. The molecule has 3 heteroatoms. The SMILES string of the molecule is CC(C)(C)O[C@H]1CC[C@@]2(C)C(=CC[C@@H]3[C@@H]2CC[C@]2(C)C(c4ccc5cnncc5c4)=CC[C@@H]32)C1. The molecule has 0 N–H and O–H groups in total. The summed E-state index contributed by atoms with van der Waals surface area (Å²) in [4.78, 5) is 0. The fourth-order valence-electron chi connectivity index (χ4n) is 8.41. The summed E-state index contributed by atoms with van der Waals surface area (Å²) < 4.78 is 6.43. The molecule has 0 amide bonds. The average Bonchev–Trinajstić information content (AvgIpc) is 3.15. The Kier molecular flexibility index (Phi) is 5.12. The monoisotopic (exact) mass is 456 g/mol. The van der Waals surface area contributed by atoms with E-state index in [4.69, 9.17) is 4.74 Å². The van der Waals surface area contributed by atoms with Gasteiger partial charge in [0.2, 0.25) is 0 Å². The fourth-order valence-corrected chi connectivity index (χ4v) is 8.41. The number of ether oxygens (including phenoxy) is 1. The van der Waals surface area contributed by atoms with Crippen LogP contribution in [0, 0.1) is 28.6 Å². The third-order valence-corrected chi connectivity index (χ3v) is 10.0. The highest BCUT2D eigenvalue weighted by Crippen LogP contribution is 2.66. The third-order valence-electron chi connectivity index (χ3n) is 10.0. The first kappa shape index (κ1) is 22.5. The summed E-state index contributed by atoms with van der Waals surface area (Å²) in [6, 6.07) is 6.87. The minimum Gasteiger partial charge on any atom is -0.372 e. The van der Waals surface area contributed by atoms with Gasteiger partial charge >= 0.3 is 0 Å². The number of hydrogen-bond acceptors (Lipinski definition) is 3. The quantitative estimate of drug-likeness (QED) is 0.433. The Labute approximate surface area is 205 Å². The molecule has 2 aromatic rings. The highest BCUT2D eigenvalue weighted by atomic mass is 16.5. The van der Waals surface area contributed by atoms with Crippen LogP contribution in [0.5, 0.6) is 0 Å². The van der Waals surface area contributed by atoms with Crippen molar-refractivity contribution >= 4 is 16.3 Å². The largest absolute Gasteiger partial charge is 0.372 e. The molecule has 0 unspecified atom stereocenters. The average molecular weight is 457 g/mol. The van der Waals surface area contributed by atoms with Crippen molar-refractivity contribution in [2.45, 2.75) is 91.3 Å². The predicted octanol–water partition coefficient (Wildman–Crippen LogP) is 7.77. The second-order valence-electron chi connectivity index (χ2n) is 13.0. The molecule has 34 heavy (non-hydrogen) atoms. The predicted molar refractivity (Wildman–Crippen MR) is 139 cm³/mol. The van der Waals surface area contributed by atoms with E-state index in [0.29, 0.717) is 11.5 Å². The fraction of sp³-hybridized carbons (Fsp3) is 0.613. The minimum atomic E-state index is -0.0515. The molecule has 0 bridgehead atoms.